The van der Waals surface area contributed by atoms with E-state index >= 15 is 0 Å². The second-order valence-electron chi connectivity index (χ2n) is 4.25. The van der Waals surface area contributed by atoms with Gasteiger partial charge in [0.2, 0.25) is 0 Å². The summed E-state index contributed by atoms with van der Waals surface area (Å²) in [5.74, 6) is -0.170. The summed E-state index contributed by atoms with van der Waals surface area (Å²) in [4.78, 5) is 18.9. The molecule has 1 fully saturated rings. The summed E-state index contributed by atoms with van der Waals surface area (Å²) in [6, 6.07) is -0.0725. The van der Waals surface area contributed by atoms with Gasteiger partial charge in [-0.3, -0.25) is 4.79 Å². The molecule has 0 unspecified atom stereocenters. The van der Waals surface area contributed by atoms with Crippen molar-refractivity contribution in [1.29, 1.82) is 0 Å². The number of amides is 1. The van der Waals surface area contributed by atoms with Crippen molar-refractivity contribution in [1.82, 2.24) is 9.97 Å². The van der Waals surface area contributed by atoms with Gasteiger partial charge >= 0.3 is 0 Å². The van der Waals surface area contributed by atoms with Gasteiger partial charge in [0, 0.05) is 6.20 Å². The van der Waals surface area contributed by atoms with Gasteiger partial charge in [-0.2, -0.15) is 0 Å². The Labute approximate surface area is 99.3 Å². The van der Waals surface area contributed by atoms with Crippen LogP contribution in [0, 0.1) is 0 Å². The molecule has 2 rings (SSSR count). The van der Waals surface area contributed by atoms with E-state index in [4.69, 9.17) is 5.73 Å². The predicted molar refractivity (Wildman–Crippen MR) is 62.4 cm³/mol. The molecule has 1 aromatic heterocycles. The highest BCUT2D eigenvalue weighted by atomic mass is 16.3. The van der Waals surface area contributed by atoms with Crippen LogP contribution < -0.4 is 11.1 Å². The molecule has 1 saturated carbocycles. The van der Waals surface area contributed by atoms with E-state index in [0.717, 1.165) is 25.7 Å². The molecule has 0 saturated heterocycles. The summed E-state index contributed by atoms with van der Waals surface area (Å²) in [5.41, 5.74) is 5.49. The summed E-state index contributed by atoms with van der Waals surface area (Å²) >= 11 is 0. The van der Waals surface area contributed by atoms with Crippen LogP contribution >= 0.6 is 0 Å². The lowest BCUT2D eigenvalue weighted by atomic mass is 9.92. The number of rotatable bonds is 3. The molecule has 0 aliphatic heterocycles. The van der Waals surface area contributed by atoms with Crippen LogP contribution in [-0.2, 0) is 0 Å². The highest BCUT2D eigenvalue weighted by Crippen LogP contribution is 2.22. The molecule has 1 aliphatic rings. The second kappa shape index (κ2) is 5.09. The van der Waals surface area contributed by atoms with Crippen LogP contribution in [0.1, 0.15) is 36.0 Å². The molecular formula is C11H16N4O2. The van der Waals surface area contributed by atoms with E-state index in [-0.39, 0.29) is 11.6 Å². The molecule has 0 aromatic carbocycles. The predicted octanol–water partition coefficient (Wildman–Crippen LogP) is 0.291. The summed E-state index contributed by atoms with van der Waals surface area (Å²) in [7, 11) is 0. The monoisotopic (exact) mass is 236 g/mol. The number of nitrogens with two attached hydrogens (primary N) is 1. The molecule has 1 amide bonds. The zero-order valence-corrected chi connectivity index (χ0v) is 9.47. The minimum atomic E-state index is -0.571. The first-order valence-corrected chi connectivity index (χ1v) is 5.73. The summed E-state index contributed by atoms with van der Waals surface area (Å²) in [6.07, 6.45) is 6.06. The van der Waals surface area contributed by atoms with Gasteiger partial charge in [0.1, 0.15) is 12.1 Å². The third-order valence-corrected chi connectivity index (χ3v) is 3.03. The first-order chi connectivity index (χ1) is 8.18. The Morgan fingerprint density at radius 1 is 1.47 bits per heavy atom. The average Bonchev–Trinajstić information content (AvgIpc) is 2.32. The number of nitrogens with zero attached hydrogens (tertiary/aromatic N) is 2. The number of aliphatic hydroxyl groups excluding tert-OH is 1. The van der Waals surface area contributed by atoms with Gasteiger partial charge in [0.05, 0.1) is 17.7 Å². The van der Waals surface area contributed by atoms with Crippen molar-refractivity contribution in [3.05, 3.63) is 18.1 Å². The van der Waals surface area contributed by atoms with Gasteiger partial charge in [-0.05, 0) is 12.8 Å². The smallest absolute Gasteiger partial charge is 0.254 e. The number of hydrogen-bond acceptors (Lipinski definition) is 5. The Bertz CT molecular complexity index is 410. The average molecular weight is 236 g/mol. The molecule has 2 atom stereocenters. The van der Waals surface area contributed by atoms with Gasteiger partial charge in [-0.1, -0.05) is 12.8 Å². The van der Waals surface area contributed by atoms with E-state index in [1.807, 2.05) is 0 Å². The third kappa shape index (κ3) is 2.71. The number of nitrogens with one attached hydrogen (secondary N) is 1. The number of primary amides is 1. The molecule has 6 nitrogen and oxygen atoms in total. The fourth-order valence-electron chi connectivity index (χ4n) is 2.08. The van der Waals surface area contributed by atoms with Crippen molar-refractivity contribution in [3.8, 4) is 0 Å². The van der Waals surface area contributed by atoms with E-state index in [1.165, 1.54) is 12.5 Å². The van der Waals surface area contributed by atoms with E-state index < -0.39 is 12.0 Å². The first kappa shape index (κ1) is 11.8. The van der Waals surface area contributed by atoms with Gasteiger partial charge in [-0.15, -0.1) is 0 Å². The maximum Gasteiger partial charge on any atom is 0.254 e. The van der Waals surface area contributed by atoms with E-state index in [2.05, 4.69) is 15.3 Å². The van der Waals surface area contributed by atoms with Crippen LogP contribution in [0.25, 0.3) is 0 Å². The zero-order chi connectivity index (χ0) is 12.3. The van der Waals surface area contributed by atoms with Crippen LogP contribution in [0.15, 0.2) is 12.5 Å². The van der Waals surface area contributed by atoms with E-state index in [0.29, 0.717) is 5.82 Å². The van der Waals surface area contributed by atoms with Gasteiger partial charge in [0.15, 0.2) is 0 Å². The number of carbonyl (C=O) groups is 1. The van der Waals surface area contributed by atoms with Crippen molar-refractivity contribution in [2.75, 3.05) is 5.32 Å². The van der Waals surface area contributed by atoms with Crippen LogP contribution in [0.3, 0.4) is 0 Å². The Morgan fingerprint density at radius 2 is 2.24 bits per heavy atom. The number of anilines is 1. The molecule has 1 aromatic rings. The lowest BCUT2D eigenvalue weighted by molar-refractivity contribution is 0.0998. The molecule has 0 bridgehead atoms. The highest BCUT2D eigenvalue weighted by molar-refractivity contribution is 5.97. The second-order valence-corrected chi connectivity index (χ2v) is 4.25. The Balaban J connectivity index is 2.14. The standard InChI is InChI=1S/C11H16N4O2/c12-10(17)7-5-13-6-14-11(7)15-8-3-1-2-4-9(8)16/h5-6,8-9,16H,1-4H2,(H2,12,17)(H,13,14,15)/t8-,9-/m0/s1. The SMILES string of the molecule is NC(=O)c1cncnc1N[C@H]1CCCC[C@@H]1O. The fraction of sp³-hybridized carbons (Fsp3) is 0.545. The van der Waals surface area contributed by atoms with Crippen LogP contribution in [0.5, 0.6) is 0 Å². The molecule has 1 aliphatic carbocycles. The lowest BCUT2D eigenvalue weighted by Gasteiger charge is -2.29. The Hall–Kier alpha value is -1.69. The normalized spacial score (nSPS) is 24.3. The van der Waals surface area contributed by atoms with Crippen LogP contribution in [0.4, 0.5) is 5.82 Å². The maximum atomic E-state index is 11.2. The quantitative estimate of drug-likeness (QED) is 0.700. The Kier molecular flexibility index (Phi) is 3.53. The molecule has 0 spiro atoms. The molecule has 17 heavy (non-hydrogen) atoms. The van der Waals surface area contributed by atoms with Crippen LogP contribution in [0.2, 0.25) is 0 Å². The largest absolute Gasteiger partial charge is 0.391 e. The number of hydrogen-bond donors (Lipinski definition) is 3. The van der Waals surface area contributed by atoms with Crippen molar-refractivity contribution < 1.29 is 9.90 Å². The minimum absolute atomic E-state index is 0.0725. The van der Waals surface area contributed by atoms with Crippen molar-refractivity contribution in [2.45, 2.75) is 37.8 Å². The van der Waals surface area contributed by atoms with Gasteiger partial charge in [-0.25, -0.2) is 9.97 Å². The third-order valence-electron chi connectivity index (χ3n) is 3.03. The zero-order valence-electron chi connectivity index (χ0n) is 9.47. The van der Waals surface area contributed by atoms with Crippen molar-refractivity contribution in [3.63, 3.8) is 0 Å². The summed E-state index contributed by atoms with van der Waals surface area (Å²) in [5, 5.41) is 12.9. The molecule has 0 radical (unpaired) electrons. The van der Waals surface area contributed by atoms with Gasteiger partial charge in [0.25, 0.3) is 5.91 Å². The molecule has 92 valence electrons. The van der Waals surface area contributed by atoms with E-state index in [9.17, 15) is 9.90 Å². The van der Waals surface area contributed by atoms with Crippen molar-refractivity contribution in [2.24, 2.45) is 5.73 Å². The molecule has 1 heterocycles. The highest BCUT2D eigenvalue weighted by Gasteiger charge is 2.24. The minimum Gasteiger partial charge on any atom is -0.391 e. The number of aliphatic hydroxyl groups is 1. The molecule has 6 heteroatoms. The number of carbonyl (C=O) groups excluding carboxylic acids is 1. The fourth-order valence-corrected chi connectivity index (χ4v) is 2.08. The van der Waals surface area contributed by atoms with Gasteiger partial charge < -0.3 is 16.2 Å². The molecule has 4 N–H and O–H groups in total. The first-order valence-electron chi connectivity index (χ1n) is 5.73. The summed E-state index contributed by atoms with van der Waals surface area (Å²) < 4.78 is 0. The molecular weight excluding hydrogens is 220 g/mol. The van der Waals surface area contributed by atoms with Crippen LogP contribution in [-0.4, -0.2) is 33.1 Å². The van der Waals surface area contributed by atoms with E-state index in [1.54, 1.807) is 0 Å². The Morgan fingerprint density at radius 3 is 2.94 bits per heavy atom. The number of aromatic nitrogens is 2. The topological polar surface area (TPSA) is 101 Å². The van der Waals surface area contributed by atoms with Crippen molar-refractivity contribution >= 4 is 11.7 Å². The maximum absolute atomic E-state index is 11.2. The lowest BCUT2D eigenvalue weighted by Crippen LogP contribution is -2.37. The summed E-state index contributed by atoms with van der Waals surface area (Å²) in [6.45, 7) is 0.